The number of nitrogens with one attached hydrogen (secondary N) is 1. The molecule has 0 saturated heterocycles. The fourth-order valence-corrected chi connectivity index (χ4v) is 4.12. The van der Waals surface area contributed by atoms with Crippen LogP contribution < -0.4 is 5.32 Å². The van der Waals surface area contributed by atoms with Crippen LogP contribution in [-0.4, -0.2) is 32.5 Å². The molecule has 0 aliphatic carbocycles. The summed E-state index contributed by atoms with van der Waals surface area (Å²) in [6.45, 7) is 7.43. The lowest BCUT2D eigenvalue weighted by Crippen LogP contribution is -2.33. The van der Waals surface area contributed by atoms with Crippen LogP contribution in [0.3, 0.4) is 0 Å². The van der Waals surface area contributed by atoms with Crippen molar-refractivity contribution in [3.05, 3.63) is 53.4 Å². The highest BCUT2D eigenvalue weighted by Crippen LogP contribution is 2.30. The minimum Gasteiger partial charge on any atom is -0.355 e. The maximum Gasteiger partial charge on any atom is 0.233 e. The second-order valence-electron chi connectivity index (χ2n) is 6.75. The number of amides is 1. The third-order valence-electron chi connectivity index (χ3n) is 3.98. The molecule has 27 heavy (non-hydrogen) atoms. The molecule has 1 unspecified atom stereocenters. The van der Waals surface area contributed by atoms with Gasteiger partial charge in [-0.2, -0.15) is 0 Å². The Balaban J connectivity index is 1.83. The molecule has 1 atom stereocenters. The number of carbonyl (C=O) groups is 1. The molecule has 2 aromatic heterocycles. The zero-order chi connectivity index (χ0) is 19.2. The van der Waals surface area contributed by atoms with Gasteiger partial charge in [0, 0.05) is 6.54 Å². The Bertz CT molecular complexity index is 860. The molecule has 0 saturated carbocycles. The Hall–Kier alpha value is -2.12. The zero-order valence-corrected chi connectivity index (χ0v) is 17.4. The van der Waals surface area contributed by atoms with E-state index in [0.717, 1.165) is 15.9 Å². The van der Waals surface area contributed by atoms with Crippen molar-refractivity contribution in [3.63, 3.8) is 0 Å². The Kier molecular flexibility index (Phi) is 6.68. The molecule has 1 N–H and O–H groups in total. The quantitative estimate of drug-likeness (QED) is 0.573. The van der Waals surface area contributed by atoms with Gasteiger partial charge in [0.1, 0.15) is 0 Å². The molecule has 0 fully saturated rings. The maximum absolute atomic E-state index is 12.4. The molecule has 0 spiro atoms. The minimum absolute atomic E-state index is 0.0284. The fourth-order valence-electron chi connectivity index (χ4n) is 2.53. The first-order valence-corrected chi connectivity index (χ1v) is 10.8. The molecule has 0 aliphatic heterocycles. The molecule has 3 aromatic rings. The Morgan fingerprint density at radius 2 is 1.93 bits per heavy atom. The van der Waals surface area contributed by atoms with Crippen LogP contribution in [0.4, 0.5) is 0 Å². The molecule has 1 amide bonds. The van der Waals surface area contributed by atoms with Gasteiger partial charge >= 0.3 is 0 Å². The molecular formula is C20H24N4OS2. The summed E-state index contributed by atoms with van der Waals surface area (Å²) in [5.41, 5.74) is 1.17. The second-order valence-corrected chi connectivity index (χ2v) is 9.01. The summed E-state index contributed by atoms with van der Waals surface area (Å²) in [6, 6.07) is 14.3. The second kappa shape index (κ2) is 9.19. The summed E-state index contributed by atoms with van der Waals surface area (Å²) in [6.07, 6.45) is 0. The van der Waals surface area contributed by atoms with Crippen molar-refractivity contribution < 1.29 is 4.79 Å². The maximum atomic E-state index is 12.4. The highest BCUT2D eigenvalue weighted by molar-refractivity contribution is 8.00. The fraction of sp³-hybridized carbons (Fsp3) is 0.350. The standard InChI is InChI=1S/C20H24N4OS2/c1-14(2)12-21-19(25)15(3)27-20-23-22-18(17-10-7-11-26-17)24(20)13-16-8-5-4-6-9-16/h4-11,14-15H,12-13H2,1-3H3,(H,21,25). The molecule has 3 rings (SSSR count). The van der Waals surface area contributed by atoms with Gasteiger partial charge in [0.05, 0.1) is 16.7 Å². The van der Waals surface area contributed by atoms with Crippen LogP contribution in [0.2, 0.25) is 0 Å². The monoisotopic (exact) mass is 400 g/mol. The van der Waals surface area contributed by atoms with Crippen LogP contribution >= 0.6 is 23.1 Å². The van der Waals surface area contributed by atoms with Gasteiger partial charge in [-0.15, -0.1) is 21.5 Å². The van der Waals surface area contributed by atoms with Crippen molar-refractivity contribution in [1.29, 1.82) is 0 Å². The highest BCUT2D eigenvalue weighted by Gasteiger charge is 2.21. The summed E-state index contributed by atoms with van der Waals surface area (Å²) in [7, 11) is 0. The third kappa shape index (κ3) is 5.20. The topological polar surface area (TPSA) is 59.8 Å². The number of carbonyl (C=O) groups excluding carboxylic acids is 1. The summed E-state index contributed by atoms with van der Waals surface area (Å²) < 4.78 is 2.10. The molecule has 142 valence electrons. The van der Waals surface area contributed by atoms with Crippen molar-refractivity contribution in [1.82, 2.24) is 20.1 Å². The van der Waals surface area contributed by atoms with Gasteiger partial charge < -0.3 is 5.32 Å². The number of benzene rings is 1. The van der Waals surface area contributed by atoms with Gasteiger partial charge in [0.15, 0.2) is 11.0 Å². The van der Waals surface area contributed by atoms with Crippen molar-refractivity contribution in [2.75, 3.05) is 6.54 Å². The SMILES string of the molecule is CC(C)CNC(=O)C(C)Sc1nnc(-c2cccs2)n1Cc1ccccc1. The lowest BCUT2D eigenvalue weighted by Gasteiger charge is -2.14. The van der Waals surface area contributed by atoms with Crippen molar-refractivity contribution in [2.24, 2.45) is 5.92 Å². The van der Waals surface area contributed by atoms with E-state index in [9.17, 15) is 4.79 Å². The molecular weight excluding hydrogens is 376 g/mol. The average Bonchev–Trinajstić information content (AvgIpc) is 3.31. The van der Waals surface area contributed by atoms with Crippen LogP contribution in [0.5, 0.6) is 0 Å². The van der Waals surface area contributed by atoms with E-state index in [2.05, 4.69) is 46.1 Å². The number of aromatic nitrogens is 3. The number of hydrogen-bond donors (Lipinski definition) is 1. The molecule has 2 heterocycles. The number of thiophene rings is 1. The van der Waals surface area contributed by atoms with E-state index in [1.165, 1.54) is 17.3 Å². The average molecular weight is 401 g/mol. The summed E-state index contributed by atoms with van der Waals surface area (Å²) in [5.74, 6) is 1.30. The number of nitrogens with zero attached hydrogens (tertiary/aromatic N) is 3. The van der Waals surface area contributed by atoms with Gasteiger partial charge in [-0.25, -0.2) is 0 Å². The van der Waals surface area contributed by atoms with Gasteiger partial charge in [-0.05, 0) is 29.9 Å². The van der Waals surface area contributed by atoms with Crippen LogP contribution in [0, 0.1) is 5.92 Å². The van der Waals surface area contributed by atoms with Gasteiger partial charge in [0.25, 0.3) is 0 Å². The Morgan fingerprint density at radius 1 is 1.15 bits per heavy atom. The predicted octanol–water partition coefficient (Wildman–Crippen LogP) is 4.31. The molecule has 0 bridgehead atoms. The van der Waals surface area contributed by atoms with Crippen LogP contribution in [0.15, 0.2) is 53.0 Å². The summed E-state index contributed by atoms with van der Waals surface area (Å²) in [4.78, 5) is 13.4. The number of thioether (sulfide) groups is 1. The van der Waals surface area contributed by atoms with E-state index in [0.29, 0.717) is 19.0 Å². The first kappa shape index (κ1) is 19.6. The number of hydrogen-bond acceptors (Lipinski definition) is 5. The Labute approximate surface area is 168 Å². The normalized spacial score (nSPS) is 12.3. The van der Waals surface area contributed by atoms with Crippen molar-refractivity contribution >= 4 is 29.0 Å². The van der Waals surface area contributed by atoms with Crippen molar-refractivity contribution in [2.45, 2.75) is 37.7 Å². The summed E-state index contributed by atoms with van der Waals surface area (Å²) in [5, 5.41) is 14.3. The molecule has 5 nitrogen and oxygen atoms in total. The van der Waals surface area contributed by atoms with E-state index >= 15 is 0 Å². The number of rotatable bonds is 8. The van der Waals surface area contributed by atoms with Gasteiger partial charge in [0.2, 0.25) is 5.91 Å². The Morgan fingerprint density at radius 3 is 2.59 bits per heavy atom. The first-order valence-electron chi connectivity index (χ1n) is 9.00. The molecule has 7 heteroatoms. The van der Waals surface area contributed by atoms with Crippen LogP contribution in [0.1, 0.15) is 26.3 Å². The molecule has 1 aromatic carbocycles. The molecule has 0 radical (unpaired) electrons. The lowest BCUT2D eigenvalue weighted by atomic mass is 10.2. The van der Waals surface area contributed by atoms with E-state index < -0.39 is 0 Å². The van der Waals surface area contributed by atoms with Crippen molar-refractivity contribution in [3.8, 4) is 10.7 Å². The lowest BCUT2D eigenvalue weighted by molar-refractivity contribution is -0.120. The first-order chi connectivity index (χ1) is 13.0. The zero-order valence-electron chi connectivity index (χ0n) is 15.8. The third-order valence-corrected chi connectivity index (χ3v) is 5.92. The predicted molar refractivity (Wildman–Crippen MR) is 112 cm³/mol. The minimum atomic E-state index is -0.237. The summed E-state index contributed by atoms with van der Waals surface area (Å²) >= 11 is 3.09. The van der Waals surface area contributed by atoms with Gasteiger partial charge in [-0.1, -0.05) is 62.0 Å². The van der Waals surface area contributed by atoms with Gasteiger partial charge in [-0.3, -0.25) is 9.36 Å². The largest absolute Gasteiger partial charge is 0.355 e. The van der Waals surface area contributed by atoms with E-state index in [1.54, 1.807) is 11.3 Å². The smallest absolute Gasteiger partial charge is 0.233 e. The van der Waals surface area contributed by atoms with Crippen LogP contribution in [-0.2, 0) is 11.3 Å². The van der Waals surface area contributed by atoms with E-state index in [1.807, 2.05) is 42.6 Å². The van der Waals surface area contributed by atoms with Crippen LogP contribution in [0.25, 0.3) is 10.7 Å². The molecule has 0 aliphatic rings. The van der Waals surface area contributed by atoms with E-state index in [4.69, 9.17) is 0 Å². The highest BCUT2D eigenvalue weighted by atomic mass is 32.2. The van der Waals surface area contributed by atoms with E-state index in [-0.39, 0.29) is 11.2 Å².